The maximum atomic E-state index is 14.0. The lowest BCUT2D eigenvalue weighted by Gasteiger charge is -2.34. The highest BCUT2D eigenvalue weighted by atomic mass is 35.5. The number of benzene rings is 2. The molecule has 2 unspecified atom stereocenters. The summed E-state index contributed by atoms with van der Waals surface area (Å²) in [5, 5.41) is 11.1. The molecule has 2 N–H and O–H groups in total. The molecule has 0 saturated heterocycles. The van der Waals surface area contributed by atoms with Crippen LogP contribution in [0.15, 0.2) is 41.2 Å². The van der Waals surface area contributed by atoms with Crippen molar-refractivity contribution in [3.63, 3.8) is 0 Å². The van der Waals surface area contributed by atoms with Gasteiger partial charge in [-0.2, -0.15) is 0 Å². The maximum absolute atomic E-state index is 14.0. The molecule has 1 amide bonds. The summed E-state index contributed by atoms with van der Waals surface area (Å²) in [5.41, 5.74) is 0.547. The second kappa shape index (κ2) is 7.79. The van der Waals surface area contributed by atoms with E-state index < -0.39 is 35.2 Å². The van der Waals surface area contributed by atoms with Crippen molar-refractivity contribution < 1.29 is 23.4 Å². The van der Waals surface area contributed by atoms with E-state index in [1.54, 1.807) is 18.2 Å². The van der Waals surface area contributed by atoms with Crippen LogP contribution >= 0.6 is 11.6 Å². The molecule has 3 aromatic rings. The van der Waals surface area contributed by atoms with Gasteiger partial charge in [0.05, 0.1) is 24.6 Å². The third-order valence-electron chi connectivity index (χ3n) is 5.25. The molecule has 0 radical (unpaired) electrons. The number of likely N-dealkylation sites (N-methyl/N-ethyl adjacent to an activating group) is 1. The Hall–Kier alpha value is -2.81. The first kappa shape index (κ1) is 20.5. The van der Waals surface area contributed by atoms with E-state index in [9.17, 15) is 23.5 Å². The number of rotatable bonds is 3. The van der Waals surface area contributed by atoms with E-state index in [4.69, 9.17) is 16.3 Å². The summed E-state index contributed by atoms with van der Waals surface area (Å²) in [4.78, 5) is 29.2. The minimum Gasteiger partial charge on any atom is -0.378 e. The van der Waals surface area contributed by atoms with Crippen molar-refractivity contribution in [1.82, 2.24) is 9.88 Å². The van der Waals surface area contributed by atoms with Gasteiger partial charge in [-0.15, -0.1) is 0 Å². The average Bonchev–Trinajstić information content (AvgIpc) is 2.73. The molecule has 2 atom stereocenters. The summed E-state index contributed by atoms with van der Waals surface area (Å²) < 4.78 is 33.2. The van der Waals surface area contributed by atoms with Gasteiger partial charge in [0.25, 0.3) is 11.5 Å². The summed E-state index contributed by atoms with van der Waals surface area (Å²) in [6.45, 7) is 0.104. The fourth-order valence-corrected chi connectivity index (χ4v) is 3.91. The Labute approximate surface area is 174 Å². The fraction of sp³-hybridized carbons (Fsp3) is 0.238. The highest BCUT2D eigenvalue weighted by molar-refractivity contribution is 6.30. The zero-order chi connectivity index (χ0) is 21.6. The second-order valence-electron chi connectivity index (χ2n) is 7.10. The van der Waals surface area contributed by atoms with E-state index >= 15 is 0 Å². The van der Waals surface area contributed by atoms with E-state index in [2.05, 4.69) is 4.98 Å². The van der Waals surface area contributed by atoms with Gasteiger partial charge in [-0.3, -0.25) is 9.59 Å². The van der Waals surface area contributed by atoms with Gasteiger partial charge in [0.1, 0.15) is 0 Å². The molecule has 6 nitrogen and oxygen atoms in total. The Kier molecular flexibility index (Phi) is 5.31. The van der Waals surface area contributed by atoms with Crippen molar-refractivity contribution in [3.05, 3.63) is 80.2 Å². The molecule has 2 heterocycles. The molecule has 0 saturated carbocycles. The number of amides is 1. The fourth-order valence-electron chi connectivity index (χ4n) is 3.71. The molecule has 2 aromatic carbocycles. The van der Waals surface area contributed by atoms with Crippen molar-refractivity contribution in [2.75, 3.05) is 13.7 Å². The molecule has 0 fully saturated rings. The normalized spacial score (nSPS) is 16.9. The predicted molar refractivity (Wildman–Crippen MR) is 106 cm³/mol. The Morgan fingerprint density at radius 1 is 1.27 bits per heavy atom. The summed E-state index contributed by atoms with van der Waals surface area (Å²) >= 11 is 5.94. The first-order valence-electron chi connectivity index (χ1n) is 9.09. The number of aromatic amines is 1. The molecule has 0 bridgehead atoms. The first-order valence-corrected chi connectivity index (χ1v) is 9.47. The van der Waals surface area contributed by atoms with Crippen molar-refractivity contribution in [1.29, 1.82) is 0 Å². The van der Waals surface area contributed by atoms with E-state index in [0.717, 1.165) is 12.1 Å². The van der Waals surface area contributed by atoms with Crippen molar-refractivity contribution in [3.8, 4) is 0 Å². The summed E-state index contributed by atoms with van der Waals surface area (Å²) in [7, 11) is 1.47. The van der Waals surface area contributed by atoms with Gasteiger partial charge >= 0.3 is 0 Å². The van der Waals surface area contributed by atoms with E-state index in [1.807, 2.05) is 0 Å². The molecular weight excluding hydrogens is 418 g/mol. The number of carbonyl (C=O) groups is 1. The highest BCUT2D eigenvalue weighted by Crippen LogP contribution is 2.34. The van der Waals surface area contributed by atoms with Gasteiger partial charge in [0.2, 0.25) is 0 Å². The van der Waals surface area contributed by atoms with Gasteiger partial charge in [0, 0.05) is 23.3 Å². The summed E-state index contributed by atoms with van der Waals surface area (Å²) in [6, 6.07) is 7.32. The first-order chi connectivity index (χ1) is 14.3. The van der Waals surface area contributed by atoms with Crippen LogP contribution in [0.4, 0.5) is 8.78 Å². The van der Waals surface area contributed by atoms with Crippen LogP contribution in [-0.4, -0.2) is 34.6 Å². The van der Waals surface area contributed by atoms with Gasteiger partial charge in [-0.1, -0.05) is 23.7 Å². The highest BCUT2D eigenvalue weighted by Gasteiger charge is 2.33. The molecular formula is C21H17ClF2N2O4. The number of aromatic nitrogens is 1. The zero-order valence-electron chi connectivity index (χ0n) is 15.8. The number of halogens is 3. The smallest absolute Gasteiger partial charge is 0.256 e. The zero-order valence-corrected chi connectivity index (χ0v) is 16.5. The molecule has 4 rings (SSSR count). The third-order valence-corrected chi connectivity index (χ3v) is 5.49. The van der Waals surface area contributed by atoms with Crippen LogP contribution < -0.4 is 5.56 Å². The number of fused-ring (bicyclic) bond motifs is 3. The van der Waals surface area contributed by atoms with Crippen molar-refractivity contribution in [2.45, 2.75) is 18.8 Å². The molecule has 1 aliphatic rings. The van der Waals surface area contributed by atoms with Crippen LogP contribution in [0.25, 0.3) is 10.8 Å². The number of carbonyl (C=O) groups excluding carboxylic acids is 1. The third kappa shape index (κ3) is 3.47. The number of ether oxygens (including phenoxy) is 1. The van der Waals surface area contributed by atoms with Crippen LogP contribution in [-0.2, 0) is 16.1 Å². The topological polar surface area (TPSA) is 82.6 Å². The number of nitrogens with one attached hydrogen (secondary N) is 1. The SMILES string of the molecule is CN(C(=O)C(O)c1cccc(Cl)c1)C1COCc2[nH]c(=O)c3cc(F)c(F)cc3c21. The largest absolute Gasteiger partial charge is 0.378 e. The Balaban J connectivity index is 1.78. The Bertz CT molecular complexity index is 1210. The molecule has 0 aliphatic carbocycles. The van der Waals surface area contributed by atoms with Crippen LogP contribution in [0.2, 0.25) is 5.02 Å². The Morgan fingerprint density at radius 3 is 2.67 bits per heavy atom. The standard InChI is InChI=1S/C21H17ClF2N2O4/c1-26(21(29)19(27)10-3-2-4-11(22)5-10)17-9-30-8-16-18(17)12-6-14(23)15(24)7-13(12)20(28)25-16/h2-7,17,19,27H,8-9H2,1H3,(H,25,28). The maximum Gasteiger partial charge on any atom is 0.256 e. The van der Waals surface area contributed by atoms with Crippen LogP contribution in [0.3, 0.4) is 0 Å². The molecule has 0 spiro atoms. The van der Waals surface area contributed by atoms with Crippen molar-refractivity contribution in [2.24, 2.45) is 0 Å². The number of pyridine rings is 1. The van der Waals surface area contributed by atoms with Gasteiger partial charge < -0.3 is 19.7 Å². The second-order valence-corrected chi connectivity index (χ2v) is 7.53. The number of aliphatic hydroxyl groups is 1. The lowest BCUT2D eigenvalue weighted by Crippen LogP contribution is -2.40. The molecule has 156 valence electrons. The van der Waals surface area contributed by atoms with Gasteiger partial charge in [-0.25, -0.2) is 8.78 Å². The van der Waals surface area contributed by atoms with Crippen LogP contribution in [0.1, 0.15) is 29.0 Å². The quantitative estimate of drug-likeness (QED) is 0.663. The van der Waals surface area contributed by atoms with E-state index in [-0.39, 0.29) is 24.0 Å². The van der Waals surface area contributed by atoms with E-state index in [1.165, 1.54) is 18.0 Å². The number of hydrogen-bond acceptors (Lipinski definition) is 4. The summed E-state index contributed by atoms with van der Waals surface area (Å²) in [5.74, 6) is -2.88. The molecule has 1 aromatic heterocycles. The summed E-state index contributed by atoms with van der Waals surface area (Å²) in [6.07, 6.45) is -1.48. The average molecular weight is 435 g/mol. The molecule has 1 aliphatic heterocycles. The van der Waals surface area contributed by atoms with Crippen LogP contribution in [0, 0.1) is 11.6 Å². The monoisotopic (exact) mass is 434 g/mol. The predicted octanol–water partition coefficient (Wildman–Crippen LogP) is 3.22. The minimum absolute atomic E-state index is 0.0317. The van der Waals surface area contributed by atoms with Gasteiger partial charge in [-0.05, 0) is 35.2 Å². The molecule has 9 heteroatoms. The minimum atomic E-state index is -1.48. The van der Waals surface area contributed by atoms with Crippen LogP contribution in [0.5, 0.6) is 0 Å². The lowest BCUT2D eigenvalue weighted by atomic mass is 9.95. The molecule has 30 heavy (non-hydrogen) atoms. The van der Waals surface area contributed by atoms with Gasteiger partial charge in [0.15, 0.2) is 17.7 Å². The number of hydrogen-bond donors (Lipinski definition) is 2. The lowest BCUT2D eigenvalue weighted by molar-refractivity contribution is -0.143. The number of H-pyrrole nitrogens is 1. The Morgan fingerprint density at radius 2 is 1.97 bits per heavy atom. The van der Waals surface area contributed by atoms with Crippen molar-refractivity contribution >= 4 is 28.3 Å². The number of nitrogens with zero attached hydrogens (tertiary/aromatic N) is 1. The van der Waals surface area contributed by atoms with E-state index in [0.29, 0.717) is 21.8 Å². The number of aliphatic hydroxyl groups excluding tert-OH is 1.